The molecule has 86 heavy (non-hydrogen) atoms. The molecule has 0 saturated heterocycles. The maximum atomic E-state index is 10.4. The van der Waals surface area contributed by atoms with E-state index in [0.29, 0.717) is 11.7 Å². The van der Waals surface area contributed by atoms with Gasteiger partial charge in [-0.15, -0.1) is 23.5 Å². The van der Waals surface area contributed by atoms with Crippen molar-refractivity contribution in [1.82, 2.24) is 0 Å². The molecule has 0 amide bonds. The summed E-state index contributed by atoms with van der Waals surface area (Å²) in [5.74, 6) is 7.27. The Hall–Kier alpha value is -1.20. The molecule has 4 heterocycles. The Balaban J connectivity index is 0.000000287. The standard InChI is InChI=1S/C24H36S.2C16H15N2.C10H15BrS.C3H9ClSi.2CH3.4ClH.2Ti/c1-14-15(2)21-20(13-25-22(21)16(14)3)17-10-18(23(4,5)6)12-19(11-17)24(7,8)9;2*1-11-6-5-7-12(2)15(11)18-10-13-8-3-4-9-14(13)16(18)17;1-5-6(2)9-8(11)4-12-10(9)7(5)3;1-5(2,3)4;;;;;;;;/h10-16,21-22H,1-9H3;2*3-9H,10H2,1-2H3;4-7,9-10H,1-3H3;1-3H3;2*1H3;4*1H;;/q;2*-1;;;2*-1;;;;;2*+2/p-4. The number of fused-ring (bicyclic) bond motifs is 4. The first-order valence-corrected chi connectivity index (χ1v) is 45.1. The van der Waals surface area contributed by atoms with E-state index in [9.17, 15) is 10.8 Å². The Morgan fingerprint density at radius 1 is 0.512 bits per heavy atom. The number of para-hydroxylation sites is 2. The fourth-order valence-corrected chi connectivity index (χ4v) is 16.8. The van der Waals surface area contributed by atoms with Crippen molar-refractivity contribution in [2.75, 3.05) is 9.80 Å². The van der Waals surface area contributed by atoms with Gasteiger partial charge in [0.2, 0.25) is 0 Å². The molecular weight excluding hydrogens is 1350 g/mol. The zero-order valence-corrected chi connectivity index (χ0v) is 66.2. The van der Waals surface area contributed by atoms with Crippen LogP contribution in [-0.4, -0.2) is 29.6 Å². The van der Waals surface area contributed by atoms with Crippen molar-refractivity contribution in [3.05, 3.63) is 205 Å². The molecule has 2 saturated carbocycles. The van der Waals surface area contributed by atoms with Crippen molar-refractivity contribution >= 4 is 124 Å². The zero-order valence-electron chi connectivity index (χ0n) is 55.0. The molecule has 6 aliphatic rings. The molecule has 5 aromatic rings. The molecule has 15 heteroatoms. The van der Waals surface area contributed by atoms with E-state index >= 15 is 0 Å². The van der Waals surface area contributed by atoms with Gasteiger partial charge < -0.3 is 35.5 Å². The van der Waals surface area contributed by atoms with E-state index in [0.717, 1.165) is 93.4 Å². The summed E-state index contributed by atoms with van der Waals surface area (Å²) in [4.78, 5) is 3.99. The molecule has 10 unspecified atom stereocenters. The first-order chi connectivity index (χ1) is 39.2. The average molecular weight is 1450 g/mol. The summed E-state index contributed by atoms with van der Waals surface area (Å²) in [6, 6.07) is 35.8. The summed E-state index contributed by atoms with van der Waals surface area (Å²) in [7, 11) is 18.4. The summed E-state index contributed by atoms with van der Waals surface area (Å²) in [6.45, 7) is 44.7. The second-order valence-corrected chi connectivity index (χ2v) is 42.3. The normalized spacial score (nSPS) is 23.6. The third-order valence-corrected chi connectivity index (χ3v) is 21.6. The molecule has 5 aromatic carbocycles. The summed E-state index contributed by atoms with van der Waals surface area (Å²) < 4.78 is 1.45. The predicted octanol–water partition coefficient (Wildman–Crippen LogP) is 24.1. The monoisotopic (exact) mass is 1450 g/mol. The SMILES string of the molecule is CC1C(C)C2SC=C(Br)C2C1C.CC1C(C)C2SC=C(c3cc(C(C)(C)C)cc(C(C)(C)C)c3)C2C1C.C[Si](C)(C)Cl.Cc1cccc(C)c1N1Cc2ccccc2C1=[N-].Cc1cccc(C)c1N1Cc2ccccc2C1=[N-].[CH3-].[CH3-].[Cl][Ti][Cl].[Cl][Ti][Cl]. The topological polar surface area (TPSA) is 51.1 Å². The molecular formula is C71H96BrCl5N4S2SiTi2-4. The quantitative estimate of drug-likeness (QED) is 0.103. The van der Waals surface area contributed by atoms with E-state index in [1.165, 1.54) is 54.6 Å². The van der Waals surface area contributed by atoms with Gasteiger partial charge in [0.15, 0.2) is 0 Å². The Morgan fingerprint density at radius 3 is 1.17 bits per heavy atom. The number of thioether (sulfide) groups is 2. The minimum atomic E-state index is -1.14. The third kappa shape index (κ3) is 19.9. The van der Waals surface area contributed by atoms with Crippen molar-refractivity contribution in [2.24, 2.45) is 47.3 Å². The van der Waals surface area contributed by atoms with Crippen LogP contribution < -0.4 is 9.80 Å². The molecule has 4 nitrogen and oxygen atoms in total. The summed E-state index contributed by atoms with van der Waals surface area (Å²) in [6.07, 6.45) is 0. The van der Waals surface area contributed by atoms with Crippen LogP contribution in [0, 0.1) is 89.9 Å². The minimum absolute atomic E-state index is 0. The Labute approximate surface area is 578 Å². The summed E-state index contributed by atoms with van der Waals surface area (Å²) >= 11 is 12.4. The number of rotatable bonds is 3. The van der Waals surface area contributed by atoms with Gasteiger partial charge in [-0.2, -0.15) is 11.1 Å². The first kappa shape index (κ1) is 79.0. The first-order valence-electron chi connectivity index (χ1n) is 29.3. The maximum absolute atomic E-state index is 10.4. The van der Waals surface area contributed by atoms with Gasteiger partial charge in [-0.25, -0.2) is 0 Å². The molecule has 2 fully saturated rings. The third-order valence-electron chi connectivity index (χ3n) is 17.7. The van der Waals surface area contributed by atoms with Crippen molar-refractivity contribution in [2.45, 2.75) is 165 Å². The van der Waals surface area contributed by atoms with E-state index in [1.807, 2.05) is 58.0 Å². The van der Waals surface area contributed by atoms with Gasteiger partial charge in [-0.05, 0) is 176 Å². The molecule has 4 aliphatic heterocycles. The molecule has 11 rings (SSSR count). The van der Waals surface area contributed by atoms with Crippen LogP contribution in [0.15, 0.2) is 118 Å². The number of halogens is 6. The van der Waals surface area contributed by atoms with Crippen LogP contribution >= 0.6 is 87.8 Å². The molecule has 470 valence electrons. The van der Waals surface area contributed by atoms with Crippen LogP contribution in [0.3, 0.4) is 0 Å². The predicted molar refractivity (Wildman–Crippen MR) is 391 cm³/mol. The number of hydrogen-bond acceptors (Lipinski definition) is 2. The molecule has 0 bridgehead atoms. The van der Waals surface area contributed by atoms with E-state index in [4.69, 9.17) is 48.3 Å². The summed E-state index contributed by atoms with van der Waals surface area (Å²) in [5, 5.41) is 27.2. The summed E-state index contributed by atoms with van der Waals surface area (Å²) in [5.41, 5.74) is 17.6. The van der Waals surface area contributed by atoms with Gasteiger partial charge in [0.05, 0.1) is 0 Å². The van der Waals surface area contributed by atoms with Crippen molar-refractivity contribution < 1.29 is 34.1 Å². The molecule has 10 atom stereocenters. The fraction of sp³-hybridized carbons (Fsp3) is 0.465. The van der Waals surface area contributed by atoms with Gasteiger partial charge in [-0.1, -0.05) is 233 Å². The Morgan fingerprint density at radius 2 is 0.837 bits per heavy atom. The van der Waals surface area contributed by atoms with Gasteiger partial charge >= 0.3 is 71.3 Å². The Kier molecular flexibility index (Phi) is 31.8. The number of aryl methyl sites for hydroxylation is 4. The van der Waals surface area contributed by atoms with Crippen LogP contribution in [0.4, 0.5) is 11.4 Å². The number of hydrogen-bond donors (Lipinski definition) is 0. The molecule has 0 radical (unpaired) electrons. The molecule has 0 spiro atoms. The van der Waals surface area contributed by atoms with Crippen LogP contribution in [0.2, 0.25) is 19.6 Å². The second-order valence-electron chi connectivity index (χ2n) is 26.6. The number of nitrogens with zero attached hydrogens (tertiary/aromatic N) is 4. The van der Waals surface area contributed by atoms with E-state index in [2.05, 4.69) is 236 Å². The van der Waals surface area contributed by atoms with E-state index < -0.39 is 41.4 Å². The fourth-order valence-electron chi connectivity index (χ4n) is 12.5. The van der Waals surface area contributed by atoms with Crippen LogP contribution in [0.1, 0.15) is 144 Å². The van der Waals surface area contributed by atoms with Crippen molar-refractivity contribution in [3.8, 4) is 0 Å². The molecule has 0 N–H and O–H groups in total. The number of allylic oxidation sites excluding steroid dienone is 2. The molecule has 2 aliphatic carbocycles. The zero-order chi connectivity index (χ0) is 62.9. The van der Waals surface area contributed by atoms with E-state index in [1.54, 1.807) is 5.57 Å². The average Bonchev–Trinajstić information content (AvgIpc) is 2.26. The van der Waals surface area contributed by atoms with Gasteiger partial charge in [0.25, 0.3) is 0 Å². The van der Waals surface area contributed by atoms with Crippen molar-refractivity contribution in [1.29, 1.82) is 0 Å². The van der Waals surface area contributed by atoms with E-state index in [-0.39, 0.29) is 25.7 Å². The number of benzene rings is 5. The van der Waals surface area contributed by atoms with Crippen molar-refractivity contribution in [3.63, 3.8) is 0 Å². The molecule has 0 aromatic heterocycles. The Bertz CT molecular complexity index is 2930. The van der Waals surface area contributed by atoms with Crippen LogP contribution in [0.5, 0.6) is 0 Å². The number of anilines is 2. The van der Waals surface area contributed by atoms with Crippen LogP contribution in [0.25, 0.3) is 16.4 Å². The van der Waals surface area contributed by atoms with Gasteiger partial charge in [-0.3, -0.25) is 0 Å². The van der Waals surface area contributed by atoms with Gasteiger partial charge in [0, 0.05) is 26.8 Å². The van der Waals surface area contributed by atoms with Gasteiger partial charge in [0.1, 0.15) is 7.38 Å². The number of amidine groups is 2. The second kappa shape index (κ2) is 34.6. The van der Waals surface area contributed by atoms with Crippen LogP contribution in [-0.2, 0) is 58.0 Å².